The molecule has 2 aliphatic rings. The van der Waals surface area contributed by atoms with Gasteiger partial charge in [0.25, 0.3) is 0 Å². The van der Waals surface area contributed by atoms with E-state index in [-0.39, 0.29) is 0 Å². The van der Waals surface area contributed by atoms with E-state index < -0.39 is 0 Å². The van der Waals surface area contributed by atoms with Gasteiger partial charge in [0.05, 0.1) is 12.7 Å². The average molecular weight is 388 g/mol. The Labute approximate surface area is 170 Å². The second-order valence-electron chi connectivity index (χ2n) is 8.03. The summed E-state index contributed by atoms with van der Waals surface area (Å²) in [6.45, 7) is 5.66. The van der Waals surface area contributed by atoms with Crippen LogP contribution in [-0.4, -0.2) is 56.4 Å². The standard InChI is InChI=1S/C22H37N5O/c1-18-8-7-11-21(25-18)27-15-12-19(13-16-27)26-22(23-2)24-14-17-28-20-9-5-3-4-6-10-20/h7-8,11,19-20H,3-6,9-10,12-17H2,1-2H3,(H2,23,24,26). The summed E-state index contributed by atoms with van der Waals surface area (Å²) in [5, 5.41) is 6.98. The Morgan fingerprint density at radius 2 is 1.89 bits per heavy atom. The van der Waals surface area contributed by atoms with Crippen molar-refractivity contribution in [2.24, 2.45) is 4.99 Å². The van der Waals surface area contributed by atoms with Crippen LogP contribution in [0.3, 0.4) is 0 Å². The highest BCUT2D eigenvalue weighted by molar-refractivity contribution is 5.79. The molecule has 0 radical (unpaired) electrons. The molecule has 6 nitrogen and oxygen atoms in total. The lowest BCUT2D eigenvalue weighted by atomic mass is 10.1. The molecule has 2 heterocycles. The molecule has 0 spiro atoms. The SMILES string of the molecule is CN=C(NCCOC1CCCCCC1)NC1CCN(c2cccc(C)n2)CC1. The Bertz CT molecular complexity index is 605. The quantitative estimate of drug-likeness (QED) is 0.340. The van der Waals surface area contributed by atoms with Crippen LogP contribution in [0.15, 0.2) is 23.2 Å². The number of aromatic nitrogens is 1. The fourth-order valence-electron chi connectivity index (χ4n) is 4.15. The lowest BCUT2D eigenvalue weighted by molar-refractivity contribution is 0.0468. The van der Waals surface area contributed by atoms with E-state index in [4.69, 9.17) is 4.74 Å². The Balaban J connectivity index is 1.34. The van der Waals surface area contributed by atoms with Crippen LogP contribution in [0, 0.1) is 6.92 Å². The predicted octanol–water partition coefficient (Wildman–Crippen LogP) is 3.26. The number of ether oxygens (including phenoxy) is 1. The highest BCUT2D eigenvalue weighted by Gasteiger charge is 2.21. The van der Waals surface area contributed by atoms with Crippen LogP contribution >= 0.6 is 0 Å². The predicted molar refractivity (Wildman–Crippen MR) is 116 cm³/mol. The number of anilines is 1. The molecule has 2 fully saturated rings. The molecule has 1 saturated heterocycles. The van der Waals surface area contributed by atoms with E-state index in [2.05, 4.69) is 37.6 Å². The zero-order valence-electron chi connectivity index (χ0n) is 17.6. The minimum absolute atomic E-state index is 0.454. The summed E-state index contributed by atoms with van der Waals surface area (Å²) < 4.78 is 6.06. The van der Waals surface area contributed by atoms with Crippen molar-refractivity contribution in [3.05, 3.63) is 23.9 Å². The Morgan fingerprint density at radius 1 is 1.14 bits per heavy atom. The molecule has 1 aliphatic carbocycles. The van der Waals surface area contributed by atoms with E-state index in [9.17, 15) is 0 Å². The average Bonchev–Trinajstić information content (AvgIpc) is 2.99. The van der Waals surface area contributed by atoms with E-state index >= 15 is 0 Å². The van der Waals surface area contributed by atoms with Gasteiger partial charge in [-0.15, -0.1) is 0 Å². The van der Waals surface area contributed by atoms with Gasteiger partial charge in [-0.05, 0) is 44.7 Å². The molecule has 1 aliphatic heterocycles. The summed E-state index contributed by atoms with van der Waals surface area (Å²) in [6.07, 6.45) is 10.5. The van der Waals surface area contributed by atoms with Gasteiger partial charge in [-0.1, -0.05) is 31.7 Å². The minimum Gasteiger partial charge on any atom is -0.376 e. The summed E-state index contributed by atoms with van der Waals surface area (Å²) >= 11 is 0. The molecule has 0 amide bonds. The Kier molecular flexibility index (Phi) is 8.40. The molecule has 6 heteroatoms. The van der Waals surface area contributed by atoms with Crippen molar-refractivity contribution < 1.29 is 4.74 Å². The van der Waals surface area contributed by atoms with E-state index in [1.54, 1.807) is 0 Å². The molecule has 1 aromatic heterocycles. The number of rotatable bonds is 6. The number of nitrogens with zero attached hydrogens (tertiary/aromatic N) is 3. The molecule has 3 rings (SSSR count). The maximum Gasteiger partial charge on any atom is 0.191 e. The van der Waals surface area contributed by atoms with Crippen LogP contribution in [-0.2, 0) is 4.74 Å². The van der Waals surface area contributed by atoms with Crippen LogP contribution in [0.4, 0.5) is 5.82 Å². The van der Waals surface area contributed by atoms with Gasteiger partial charge in [0, 0.05) is 38.4 Å². The number of aliphatic imine (C=N–C) groups is 1. The number of piperidine rings is 1. The topological polar surface area (TPSA) is 61.8 Å². The first-order chi connectivity index (χ1) is 13.7. The second kappa shape index (κ2) is 11.2. The Hall–Kier alpha value is -1.82. The van der Waals surface area contributed by atoms with Gasteiger partial charge in [0.2, 0.25) is 0 Å². The van der Waals surface area contributed by atoms with E-state index in [0.29, 0.717) is 12.1 Å². The van der Waals surface area contributed by atoms with Crippen molar-refractivity contribution in [1.82, 2.24) is 15.6 Å². The number of aryl methyl sites for hydroxylation is 1. The molecule has 0 bridgehead atoms. The minimum atomic E-state index is 0.454. The number of pyridine rings is 1. The van der Waals surface area contributed by atoms with Gasteiger partial charge in [-0.3, -0.25) is 4.99 Å². The van der Waals surface area contributed by atoms with Gasteiger partial charge in [-0.2, -0.15) is 0 Å². The zero-order chi connectivity index (χ0) is 19.6. The van der Waals surface area contributed by atoms with E-state index in [1.165, 1.54) is 38.5 Å². The smallest absolute Gasteiger partial charge is 0.191 e. The fourth-order valence-corrected chi connectivity index (χ4v) is 4.15. The Morgan fingerprint density at radius 3 is 2.57 bits per heavy atom. The maximum atomic E-state index is 6.06. The first-order valence-electron chi connectivity index (χ1n) is 11.0. The van der Waals surface area contributed by atoms with Gasteiger partial charge < -0.3 is 20.3 Å². The van der Waals surface area contributed by atoms with Crippen molar-refractivity contribution in [2.45, 2.75) is 70.4 Å². The van der Waals surface area contributed by atoms with Crippen LogP contribution in [0.25, 0.3) is 0 Å². The number of hydrogen-bond donors (Lipinski definition) is 2. The van der Waals surface area contributed by atoms with E-state index in [1.807, 2.05) is 20.0 Å². The summed E-state index contributed by atoms with van der Waals surface area (Å²) in [4.78, 5) is 11.4. The van der Waals surface area contributed by atoms with Crippen molar-refractivity contribution >= 4 is 11.8 Å². The second-order valence-corrected chi connectivity index (χ2v) is 8.03. The van der Waals surface area contributed by atoms with Crippen molar-refractivity contribution in [3.8, 4) is 0 Å². The normalized spacial score (nSPS) is 20.1. The lowest BCUT2D eigenvalue weighted by Gasteiger charge is -2.34. The third-order valence-electron chi connectivity index (χ3n) is 5.81. The van der Waals surface area contributed by atoms with Gasteiger partial charge in [0.1, 0.15) is 5.82 Å². The van der Waals surface area contributed by atoms with Crippen molar-refractivity contribution in [1.29, 1.82) is 0 Å². The van der Waals surface area contributed by atoms with Gasteiger partial charge >= 0.3 is 0 Å². The van der Waals surface area contributed by atoms with Gasteiger partial charge in [0.15, 0.2) is 5.96 Å². The van der Waals surface area contributed by atoms with E-state index in [0.717, 1.165) is 56.6 Å². The van der Waals surface area contributed by atoms with Crippen LogP contribution in [0.5, 0.6) is 0 Å². The van der Waals surface area contributed by atoms with Crippen molar-refractivity contribution in [3.63, 3.8) is 0 Å². The molecule has 28 heavy (non-hydrogen) atoms. The third-order valence-corrected chi connectivity index (χ3v) is 5.81. The molecular weight excluding hydrogens is 350 g/mol. The number of nitrogens with one attached hydrogen (secondary N) is 2. The monoisotopic (exact) mass is 387 g/mol. The number of guanidine groups is 1. The molecule has 0 unspecified atom stereocenters. The highest BCUT2D eigenvalue weighted by Crippen LogP contribution is 2.20. The summed E-state index contributed by atoms with van der Waals surface area (Å²) in [6, 6.07) is 6.70. The summed E-state index contributed by atoms with van der Waals surface area (Å²) in [7, 11) is 1.84. The molecule has 0 atom stereocenters. The van der Waals surface area contributed by atoms with Crippen LogP contribution in [0.1, 0.15) is 57.1 Å². The fraction of sp³-hybridized carbons (Fsp3) is 0.727. The first-order valence-corrected chi connectivity index (χ1v) is 11.0. The van der Waals surface area contributed by atoms with Gasteiger partial charge in [-0.25, -0.2) is 4.98 Å². The maximum absolute atomic E-state index is 6.06. The molecular formula is C22H37N5O. The molecule has 156 valence electrons. The largest absolute Gasteiger partial charge is 0.376 e. The highest BCUT2D eigenvalue weighted by atomic mass is 16.5. The molecule has 1 aromatic rings. The molecule has 1 saturated carbocycles. The third kappa shape index (κ3) is 6.66. The lowest BCUT2D eigenvalue weighted by Crippen LogP contribution is -2.49. The molecule has 2 N–H and O–H groups in total. The zero-order valence-corrected chi connectivity index (χ0v) is 17.6. The summed E-state index contributed by atoms with van der Waals surface area (Å²) in [5.41, 5.74) is 1.08. The number of hydrogen-bond acceptors (Lipinski definition) is 4. The van der Waals surface area contributed by atoms with Crippen LogP contribution in [0.2, 0.25) is 0 Å². The van der Waals surface area contributed by atoms with Crippen LogP contribution < -0.4 is 15.5 Å². The first kappa shape index (κ1) is 20.9. The van der Waals surface area contributed by atoms with Crippen molar-refractivity contribution in [2.75, 3.05) is 38.2 Å². The molecule has 0 aromatic carbocycles. The summed E-state index contributed by atoms with van der Waals surface area (Å²) in [5.74, 6) is 1.98.